The molecule has 1 fully saturated rings. The first-order chi connectivity index (χ1) is 6.99. The van der Waals surface area contributed by atoms with Gasteiger partial charge in [-0.3, -0.25) is 4.79 Å². The van der Waals surface area contributed by atoms with Crippen LogP contribution in [0.1, 0.15) is 0 Å². The van der Waals surface area contributed by atoms with Gasteiger partial charge in [0, 0.05) is 13.1 Å². The Morgan fingerprint density at radius 3 is 2.87 bits per heavy atom. The van der Waals surface area contributed by atoms with Crippen molar-refractivity contribution >= 4 is 15.9 Å². The molecular formula is C7H15N3O4S. The molecule has 1 saturated heterocycles. The van der Waals surface area contributed by atoms with Crippen molar-refractivity contribution in [1.29, 1.82) is 0 Å². The highest BCUT2D eigenvalue weighted by Crippen LogP contribution is 1.92. The van der Waals surface area contributed by atoms with E-state index < -0.39 is 16.1 Å². The predicted molar refractivity (Wildman–Crippen MR) is 53.6 cm³/mol. The number of carbonyl (C=O) groups excluding carboxylic acids is 1. The van der Waals surface area contributed by atoms with Gasteiger partial charge in [0.15, 0.2) is 0 Å². The van der Waals surface area contributed by atoms with Crippen LogP contribution < -0.4 is 15.8 Å². The molecule has 15 heavy (non-hydrogen) atoms. The Hall–Kier alpha value is -0.700. The monoisotopic (exact) mass is 237 g/mol. The van der Waals surface area contributed by atoms with E-state index in [0.29, 0.717) is 19.8 Å². The topological polar surface area (TPSA) is 111 Å². The number of ether oxygens (including phenoxy) is 1. The number of rotatable bonds is 4. The molecular weight excluding hydrogens is 222 g/mol. The average molecular weight is 237 g/mol. The average Bonchev–Trinajstić information content (AvgIpc) is 2.17. The number of nitrogens with two attached hydrogens (primary N) is 1. The van der Waals surface area contributed by atoms with Crippen molar-refractivity contribution in [1.82, 2.24) is 10.6 Å². The van der Waals surface area contributed by atoms with Crippen LogP contribution in [0.3, 0.4) is 0 Å². The first kappa shape index (κ1) is 12.4. The third-order valence-electron chi connectivity index (χ3n) is 1.92. The van der Waals surface area contributed by atoms with E-state index in [1.165, 1.54) is 0 Å². The molecule has 7 nitrogen and oxygen atoms in total. The minimum Gasteiger partial charge on any atom is -0.378 e. The molecule has 0 saturated carbocycles. The van der Waals surface area contributed by atoms with Crippen LogP contribution in [0.15, 0.2) is 0 Å². The van der Waals surface area contributed by atoms with Gasteiger partial charge in [-0.25, -0.2) is 13.6 Å². The van der Waals surface area contributed by atoms with E-state index in [1.54, 1.807) is 0 Å². The van der Waals surface area contributed by atoms with Gasteiger partial charge in [-0.05, 0) is 0 Å². The van der Waals surface area contributed by atoms with Crippen LogP contribution in [-0.4, -0.2) is 52.4 Å². The zero-order chi connectivity index (χ0) is 11.3. The second-order valence-corrected chi connectivity index (χ2v) is 4.97. The summed E-state index contributed by atoms with van der Waals surface area (Å²) in [7, 11) is -3.52. The third-order valence-corrected chi connectivity index (χ3v) is 2.70. The zero-order valence-electron chi connectivity index (χ0n) is 8.23. The highest BCUT2D eigenvalue weighted by molar-refractivity contribution is 7.89. The Bertz CT molecular complexity index is 310. The van der Waals surface area contributed by atoms with Gasteiger partial charge < -0.3 is 15.4 Å². The number of morpholine rings is 1. The van der Waals surface area contributed by atoms with Crippen molar-refractivity contribution in [3.63, 3.8) is 0 Å². The molecule has 1 amide bonds. The largest absolute Gasteiger partial charge is 0.378 e. The number of nitrogens with one attached hydrogen (secondary N) is 2. The van der Waals surface area contributed by atoms with Gasteiger partial charge in [-0.2, -0.15) is 0 Å². The van der Waals surface area contributed by atoms with Gasteiger partial charge in [-0.1, -0.05) is 0 Å². The van der Waals surface area contributed by atoms with E-state index in [9.17, 15) is 13.2 Å². The van der Waals surface area contributed by atoms with Crippen LogP contribution in [0, 0.1) is 0 Å². The van der Waals surface area contributed by atoms with E-state index in [2.05, 4.69) is 10.6 Å². The predicted octanol–water partition coefficient (Wildman–Crippen LogP) is -2.62. The van der Waals surface area contributed by atoms with Crippen molar-refractivity contribution in [2.75, 3.05) is 32.1 Å². The zero-order valence-corrected chi connectivity index (χ0v) is 9.05. The maximum absolute atomic E-state index is 11.4. The van der Waals surface area contributed by atoms with Gasteiger partial charge in [-0.15, -0.1) is 0 Å². The van der Waals surface area contributed by atoms with Gasteiger partial charge >= 0.3 is 0 Å². The maximum atomic E-state index is 11.4. The molecule has 1 aliphatic rings. The Labute approximate surface area is 88.4 Å². The molecule has 1 aliphatic heterocycles. The number of amides is 1. The summed E-state index contributed by atoms with van der Waals surface area (Å²) >= 11 is 0. The molecule has 0 aliphatic carbocycles. The summed E-state index contributed by atoms with van der Waals surface area (Å²) in [6.07, 6.45) is 0. The SMILES string of the molecule is NS(=O)(=O)CCNC(=O)C1COCCN1. The van der Waals surface area contributed by atoms with Crippen molar-refractivity contribution in [2.24, 2.45) is 5.14 Å². The molecule has 0 aromatic carbocycles. The summed E-state index contributed by atoms with van der Waals surface area (Å²) in [5, 5.41) is 10.2. The molecule has 0 radical (unpaired) electrons. The van der Waals surface area contributed by atoms with Gasteiger partial charge in [0.2, 0.25) is 15.9 Å². The standard InChI is InChI=1S/C7H15N3O4S/c8-15(12,13)4-2-10-7(11)6-5-14-3-1-9-6/h6,9H,1-5H2,(H,10,11)(H2,8,12,13). The Balaban J connectivity index is 2.23. The van der Waals surface area contributed by atoms with Crippen LogP contribution in [0.25, 0.3) is 0 Å². The van der Waals surface area contributed by atoms with E-state index >= 15 is 0 Å². The van der Waals surface area contributed by atoms with Gasteiger partial charge in [0.25, 0.3) is 0 Å². The van der Waals surface area contributed by atoms with Crippen LogP contribution in [-0.2, 0) is 19.6 Å². The van der Waals surface area contributed by atoms with Crippen LogP contribution in [0.2, 0.25) is 0 Å². The smallest absolute Gasteiger partial charge is 0.239 e. The fourth-order valence-electron chi connectivity index (χ4n) is 1.17. The van der Waals surface area contributed by atoms with Crippen molar-refractivity contribution in [3.05, 3.63) is 0 Å². The molecule has 88 valence electrons. The summed E-state index contributed by atoms with van der Waals surface area (Å²) in [4.78, 5) is 11.4. The van der Waals surface area contributed by atoms with E-state index in [-0.39, 0.29) is 18.2 Å². The fourth-order valence-corrected chi connectivity index (χ4v) is 1.56. The number of carbonyl (C=O) groups is 1. The summed E-state index contributed by atoms with van der Waals surface area (Å²) in [5.41, 5.74) is 0. The van der Waals surface area contributed by atoms with Gasteiger partial charge in [0.05, 0.1) is 19.0 Å². The fraction of sp³-hybridized carbons (Fsp3) is 0.857. The number of primary sulfonamides is 1. The molecule has 1 atom stereocenters. The van der Waals surface area contributed by atoms with Gasteiger partial charge in [0.1, 0.15) is 6.04 Å². The van der Waals surface area contributed by atoms with E-state index in [1.807, 2.05) is 0 Å². The van der Waals surface area contributed by atoms with Crippen LogP contribution in [0.4, 0.5) is 0 Å². The summed E-state index contributed by atoms with van der Waals surface area (Å²) < 4.78 is 26.2. The Kier molecular flexibility index (Phi) is 4.45. The molecule has 1 unspecified atom stereocenters. The lowest BCUT2D eigenvalue weighted by Gasteiger charge is -2.22. The lowest BCUT2D eigenvalue weighted by molar-refractivity contribution is -0.125. The van der Waals surface area contributed by atoms with Crippen molar-refractivity contribution in [2.45, 2.75) is 6.04 Å². The lowest BCUT2D eigenvalue weighted by Crippen LogP contribution is -2.51. The van der Waals surface area contributed by atoms with E-state index in [0.717, 1.165) is 0 Å². The second kappa shape index (κ2) is 5.40. The number of sulfonamides is 1. The number of hydrogen-bond donors (Lipinski definition) is 3. The maximum Gasteiger partial charge on any atom is 0.239 e. The molecule has 0 aromatic rings. The summed E-state index contributed by atoms with van der Waals surface area (Å²) in [6.45, 7) is 1.53. The van der Waals surface area contributed by atoms with Crippen LogP contribution >= 0.6 is 0 Å². The van der Waals surface area contributed by atoms with Crippen molar-refractivity contribution in [3.8, 4) is 0 Å². The lowest BCUT2D eigenvalue weighted by atomic mass is 10.2. The Morgan fingerprint density at radius 2 is 2.33 bits per heavy atom. The summed E-state index contributed by atoms with van der Waals surface area (Å²) in [5.74, 6) is -0.523. The molecule has 0 aromatic heterocycles. The van der Waals surface area contributed by atoms with Crippen LogP contribution in [0.5, 0.6) is 0 Å². The summed E-state index contributed by atoms with van der Waals surface area (Å²) in [6, 6.07) is -0.403. The quantitative estimate of drug-likeness (QED) is 0.496. The molecule has 0 spiro atoms. The minimum atomic E-state index is -3.52. The number of hydrogen-bond acceptors (Lipinski definition) is 5. The highest BCUT2D eigenvalue weighted by atomic mass is 32.2. The normalized spacial score (nSPS) is 22.3. The van der Waals surface area contributed by atoms with E-state index in [4.69, 9.17) is 9.88 Å². The minimum absolute atomic E-state index is 0.0237. The Morgan fingerprint density at radius 1 is 1.60 bits per heavy atom. The highest BCUT2D eigenvalue weighted by Gasteiger charge is 2.20. The third kappa shape index (κ3) is 5.07. The van der Waals surface area contributed by atoms with Crippen molar-refractivity contribution < 1.29 is 17.9 Å². The molecule has 1 heterocycles. The first-order valence-corrected chi connectivity index (χ1v) is 6.30. The first-order valence-electron chi connectivity index (χ1n) is 4.58. The molecule has 0 bridgehead atoms. The molecule has 1 rings (SSSR count). The molecule has 8 heteroatoms. The second-order valence-electron chi connectivity index (χ2n) is 3.24. The molecule has 4 N–H and O–H groups in total.